The maximum Gasteiger partial charge on any atom is 0.0579 e. The van der Waals surface area contributed by atoms with Crippen LogP contribution in [0.1, 0.15) is 30.5 Å². The highest BCUT2D eigenvalue weighted by atomic mass is 16.5. The summed E-state index contributed by atoms with van der Waals surface area (Å²) in [6.07, 6.45) is 0. The van der Waals surface area contributed by atoms with Crippen LogP contribution < -0.4 is 4.90 Å². The van der Waals surface area contributed by atoms with Gasteiger partial charge in [0, 0.05) is 24.2 Å². The Bertz CT molecular complexity index is 688. The molecule has 2 fully saturated rings. The van der Waals surface area contributed by atoms with Gasteiger partial charge in [0.1, 0.15) is 0 Å². The lowest BCUT2D eigenvalue weighted by Gasteiger charge is -2.56. The first-order chi connectivity index (χ1) is 11.0. The molecule has 0 amide bonds. The number of aryl methyl sites for hydroxylation is 1. The van der Waals surface area contributed by atoms with E-state index in [1.165, 1.54) is 22.4 Å². The van der Waals surface area contributed by atoms with E-state index in [0.29, 0.717) is 5.41 Å². The molecule has 4 rings (SSSR count). The van der Waals surface area contributed by atoms with Gasteiger partial charge in [-0.3, -0.25) is 0 Å². The molecule has 2 heteroatoms. The van der Waals surface area contributed by atoms with Crippen LogP contribution in [0.2, 0.25) is 0 Å². The fraction of sp³-hybridized carbons (Fsp3) is 0.429. The molecule has 23 heavy (non-hydrogen) atoms. The average molecular weight is 307 g/mol. The second-order valence-electron chi connectivity index (χ2n) is 7.89. The first-order valence-corrected chi connectivity index (χ1v) is 8.49. The summed E-state index contributed by atoms with van der Waals surface area (Å²) in [7, 11) is 0. The van der Waals surface area contributed by atoms with Crippen molar-refractivity contribution in [2.45, 2.75) is 26.2 Å². The van der Waals surface area contributed by atoms with Crippen LogP contribution in [0.15, 0.2) is 48.5 Å². The number of nitrogens with zero attached hydrogens (tertiary/aromatic N) is 1. The van der Waals surface area contributed by atoms with Crippen LogP contribution in [-0.2, 0) is 10.2 Å². The highest BCUT2D eigenvalue weighted by molar-refractivity contribution is 5.53. The topological polar surface area (TPSA) is 12.5 Å². The Morgan fingerprint density at radius 3 is 1.87 bits per heavy atom. The van der Waals surface area contributed by atoms with Crippen molar-refractivity contribution in [1.82, 2.24) is 0 Å². The molecule has 0 saturated carbocycles. The highest BCUT2D eigenvalue weighted by Gasteiger charge is 2.49. The Balaban J connectivity index is 1.52. The van der Waals surface area contributed by atoms with Crippen molar-refractivity contribution < 1.29 is 4.74 Å². The van der Waals surface area contributed by atoms with Crippen molar-refractivity contribution in [1.29, 1.82) is 0 Å². The van der Waals surface area contributed by atoms with E-state index in [-0.39, 0.29) is 5.41 Å². The van der Waals surface area contributed by atoms with Gasteiger partial charge >= 0.3 is 0 Å². The van der Waals surface area contributed by atoms with Gasteiger partial charge in [0.15, 0.2) is 0 Å². The average Bonchev–Trinajstić information content (AvgIpc) is 2.45. The Morgan fingerprint density at radius 2 is 1.39 bits per heavy atom. The zero-order chi connectivity index (χ0) is 16.1. The monoisotopic (exact) mass is 307 g/mol. The largest absolute Gasteiger partial charge is 0.380 e. The maximum absolute atomic E-state index is 5.36. The number of benzene rings is 2. The Morgan fingerprint density at radius 1 is 0.870 bits per heavy atom. The summed E-state index contributed by atoms with van der Waals surface area (Å²) in [4.78, 5) is 2.46. The van der Waals surface area contributed by atoms with Crippen LogP contribution in [0.3, 0.4) is 0 Å². The molecule has 1 spiro atoms. The first-order valence-electron chi connectivity index (χ1n) is 8.49. The minimum atomic E-state index is 0.0320. The molecule has 0 unspecified atom stereocenters. The van der Waals surface area contributed by atoms with Crippen molar-refractivity contribution >= 4 is 5.69 Å². The molecule has 0 aromatic heterocycles. The van der Waals surface area contributed by atoms with Gasteiger partial charge in [0.2, 0.25) is 0 Å². The molecular weight excluding hydrogens is 282 g/mol. The molecule has 2 heterocycles. The molecule has 0 radical (unpaired) electrons. The third kappa shape index (κ3) is 2.46. The van der Waals surface area contributed by atoms with Gasteiger partial charge in [-0.2, -0.15) is 0 Å². The van der Waals surface area contributed by atoms with Gasteiger partial charge in [-0.1, -0.05) is 55.8 Å². The van der Waals surface area contributed by atoms with E-state index < -0.39 is 0 Å². The number of rotatable bonds is 3. The van der Waals surface area contributed by atoms with E-state index in [1.54, 1.807) is 0 Å². The van der Waals surface area contributed by atoms with Crippen molar-refractivity contribution in [3.05, 3.63) is 65.2 Å². The number of hydrogen-bond acceptors (Lipinski definition) is 2. The second kappa shape index (κ2) is 5.10. The summed E-state index contributed by atoms with van der Waals surface area (Å²) in [6.45, 7) is 10.9. The summed E-state index contributed by atoms with van der Waals surface area (Å²) in [5.41, 5.74) is 5.89. The summed E-state index contributed by atoms with van der Waals surface area (Å²) >= 11 is 0. The fourth-order valence-corrected chi connectivity index (χ4v) is 3.75. The smallest absolute Gasteiger partial charge is 0.0579 e. The van der Waals surface area contributed by atoms with Crippen molar-refractivity contribution in [2.24, 2.45) is 5.41 Å². The Hall–Kier alpha value is -1.80. The van der Waals surface area contributed by atoms with Gasteiger partial charge in [0.05, 0.1) is 18.6 Å². The van der Waals surface area contributed by atoms with E-state index in [1.807, 2.05) is 0 Å². The third-order valence-electron chi connectivity index (χ3n) is 5.60. The van der Waals surface area contributed by atoms with Gasteiger partial charge < -0.3 is 9.64 Å². The van der Waals surface area contributed by atoms with Gasteiger partial charge in [-0.05, 0) is 30.2 Å². The van der Waals surface area contributed by atoms with E-state index in [4.69, 9.17) is 4.74 Å². The molecule has 0 bridgehead atoms. The number of ether oxygens (including phenoxy) is 1. The van der Waals surface area contributed by atoms with E-state index in [9.17, 15) is 0 Å². The molecule has 0 N–H and O–H groups in total. The van der Waals surface area contributed by atoms with Gasteiger partial charge in [-0.15, -0.1) is 0 Å². The number of anilines is 1. The summed E-state index contributed by atoms with van der Waals surface area (Å²) in [5.74, 6) is 0. The van der Waals surface area contributed by atoms with Crippen molar-refractivity contribution in [3.8, 4) is 0 Å². The minimum absolute atomic E-state index is 0.0320. The molecule has 2 nitrogen and oxygen atoms in total. The third-order valence-corrected chi connectivity index (χ3v) is 5.60. The lowest BCUT2D eigenvalue weighted by molar-refractivity contribution is -0.127. The molecule has 0 atom stereocenters. The van der Waals surface area contributed by atoms with Crippen LogP contribution in [0.5, 0.6) is 0 Å². The highest BCUT2D eigenvalue weighted by Crippen LogP contribution is 2.41. The Labute approximate surface area is 139 Å². The lowest BCUT2D eigenvalue weighted by atomic mass is 9.76. The molecule has 0 aliphatic carbocycles. The molecule has 2 aliphatic heterocycles. The quantitative estimate of drug-likeness (QED) is 0.844. The molecular formula is C21H25NO. The molecule has 120 valence electrons. The van der Waals surface area contributed by atoms with Crippen LogP contribution in [0.25, 0.3) is 0 Å². The Kier molecular flexibility index (Phi) is 3.28. The van der Waals surface area contributed by atoms with E-state index in [0.717, 1.165) is 26.3 Å². The van der Waals surface area contributed by atoms with Crippen molar-refractivity contribution in [2.75, 3.05) is 31.2 Å². The summed E-state index contributed by atoms with van der Waals surface area (Å²) < 4.78 is 5.36. The van der Waals surface area contributed by atoms with Gasteiger partial charge in [0.25, 0.3) is 0 Å². The first kappa shape index (κ1) is 14.8. The fourth-order valence-electron chi connectivity index (χ4n) is 3.75. The molecule has 2 saturated heterocycles. The minimum Gasteiger partial charge on any atom is -0.380 e. The predicted octanol–water partition coefficient (Wildman–Crippen LogP) is 4.16. The normalized spacial score (nSPS) is 19.3. The SMILES string of the molecule is Cc1ccc(C(C)(C)c2ccc(N3CC4(COC4)C3)cc2)cc1. The maximum atomic E-state index is 5.36. The van der Waals surface area contributed by atoms with E-state index in [2.05, 4.69) is 74.2 Å². The van der Waals surface area contributed by atoms with Gasteiger partial charge in [-0.25, -0.2) is 0 Å². The standard InChI is InChI=1S/C21H25NO/c1-16-4-6-17(7-5-16)20(2,3)18-8-10-19(11-9-18)22-12-21(13-22)14-23-15-21/h4-11H,12-15H2,1-3H3. The molecule has 2 aliphatic rings. The second-order valence-corrected chi connectivity index (χ2v) is 7.89. The summed E-state index contributed by atoms with van der Waals surface area (Å²) in [6, 6.07) is 18.0. The molecule has 2 aromatic rings. The predicted molar refractivity (Wildman–Crippen MR) is 95.2 cm³/mol. The lowest BCUT2D eigenvalue weighted by Crippen LogP contribution is -2.66. The van der Waals surface area contributed by atoms with Crippen LogP contribution in [0.4, 0.5) is 5.69 Å². The number of hydrogen-bond donors (Lipinski definition) is 0. The summed E-state index contributed by atoms with van der Waals surface area (Å²) in [5, 5.41) is 0. The zero-order valence-electron chi connectivity index (χ0n) is 14.3. The molecule has 2 aromatic carbocycles. The van der Waals surface area contributed by atoms with Crippen LogP contribution in [-0.4, -0.2) is 26.3 Å². The van der Waals surface area contributed by atoms with Crippen LogP contribution in [0, 0.1) is 12.3 Å². The zero-order valence-corrected chi connectivity index (χ0v) is 14.3. The van der Waals surface area contributed by atoms with Crippen LogP contribution >= 0.6 is 0 Å². The van der Waals surface area contributed by atoms with Crippen molar-refractivity contribution in [3.63, 3.8) is 0 Å². The van der Waals surface area contributed by atoms with E-state index >= 15 is 0 Å².